The normalized spacial score (nSPS) is 12.0. The van der Waals surface area contributed by atoms with Crippen LogP contribution in [0.25, 0.3) is 0 Å². The Hall–Kier alpha value is -1.59. The second-order valence-electron chi connectivity index (χ2n) is 21.2. The Bertz CT molecular complexity index is 993. The third-order valence-corrected chi connectivity index (χ3v) is 13.5. The monoisotopic (exact) mass is 919 g/mol. The Kier molecular flexibility index (Phi) is 50.5. The number of carbonyl (C=O) groups excluding carboxylic acids is 3. The van der Waals surface area contributed by atoms with Crippen LogP contribution in [0.5, 0.6) is 0 Å². The molecule has 0 radical (unpaired) electrons. The predicted octanol–water partition coefficient (Wildman–Crippen LogP) is 19.3. The summed E-state index contributed by atoms with van der Waals surface area (Å²) in [4.78, 5) is 38.1. The molecule has 6 nitrogen and oxygen atoms in total. The van der Waals surface area contributed by atoms with E-state index in [4.69, 9.17) is 14.2 Å². The van der Waals surface area contributed by atoms with Crippen molar-refractivity contribution in [3.63, 3.8) is 0 Å². The van der Waals surface area contributed by atoms with E-state index in [0.29, 0.717) is 19.3 Å². The molecule has 0 heterocycles. The summed E-state index contributed by atoms with van der Waals surface area (Å²) in [5.41, 5.74) is 0. The Labute approximate surface area is 406 Å². The summed E-state index contributed by atoms with van der Waals surface area (Å²) in [5, 5.41) is 0. The van der Waals surface area contributed by atoms with Crippen molar-refractivity contribution >= 4 is 17.9 Å². The van der Waals surface area contributed by atoms with Crippen LogP contribution in [0.4, 0.5) is 0 Å². The molecule has 0 aromatic heterocycles. The van der Waals surface area contributed by atoms with Crippen LogP contribution in [-0.4, -0.2) is 37.2 Å². The summed E-state index contributed by atoms with van der Waals surface area (Å²) in [6.07, 6.45) is 55.3. The van der Waals surface area contributed by atoms with Gasteiger partial charge in [-0.3, -0.25) is 14.4 Å². The van der Waals surface area contributed by atoms with Crippen molar-refractivity contribution in [2.45, 2.75) is 336 Å². The molecule has 0 fully saturated rings. The van der Waals surface area contributed by atoms with Crippen LogP contribution in [0.3, 0.4) is 0 Å². The van der Waals surface area contributed by atoms with Crippen molar-refractivity contribution in [1.29, 1.82) is 0 Å². The smallest absolute Gasteiger partial charge is 0.306 e. The van der Waals surface area contributed by atoms with Gasteiger partial charge in [0.15, 0.2) is 6.10 Å². The molecule has 0 aliphatic carbocycles. The average molecular weight is 920 g/mol. The highest BCUT2D eigenvalue weighted by Gasteiger charge is 2.19. The minimum absolute atomic E-state index is 0.0627. The van der Waals surface area contributed by atoms with Crippen LogP contribution < -0.4 is 0 Å². The zero-order valence-corrected chi connectivity index (χ0v) is 44.6. The van der Waals surface area contributed by atoms with Crippen molar-refractivity contribution in [2.24, 2.45) is 11.8 Å². The molecule has 6 heteroatoms. The van der Waals surface area contributed by atoms with Crippen molar-refractivity contribution in [1.82, 2.24) is 0 Å². The minimum Gasteiger partial charge on any atom is -0.462 e. The van der Waals surface area contributed by atoms with Crippen LogP contribution in [0.2, 0.25) is 0 Å². The topological polar surface area (TPSA) is 78.9 Å². The first-order valence-electron chi connectivity index (χ1n) is 29.2. The maximum atomic E-state index is 12.8. The maximum absolute atomic E-state index is 12.8. The number of hydrogen-bond donors (Lipinski definition) is 0. The van der Waals surface area contributed by atoms with Gasteiger partial charge in [-0.1, -0.05) is 291 Å². The Balaban J connectivity index is 4.22. The molecule has 0 unspecified atom stereocenters. The Morgan fingerprint density at radius 3 is 0.754 bits per heavy atom. The Morgan fingerprint density at radius 1 is 0.292 bits per heavy atom. The summed E-state index contributed by atoms with van der Waals surface area (Å²) in [5.74, 6) is 0.858. The molecule has 386 valence electrons. The summed E-state index contributed by atoms with van der Waals surface area (Å²) >= 11 is 0. The minimum atomic E-state index is -0.762. The molecular formula is C59H114O6. The molecule has 0 aliphatic heterocycles. The van der Waals surface area contributed by atoms with E-state index in [9.17, 15) is 14.4 Å². The van der Waals surface area contributed by atoms with Gasteiger partial charge in [0, 0.05) is 19.3 Å². The van der Waals surface area contributed by atoms with Crippen LogP contribution in [-0.2, 0) is 28.6 Å². The lowest BCUT2D eigenvalue weighted by Gasteiger charge is -2.18. The van der Waals surface area contributed by atoms with E-state index >= 15 is 0 Å². The van der Waals surface area contributed by atoms with E-state index in [1.807, 2.05) is 0 Å². The molecule has 65 heavy (non-hydrogen) atoms. The molecule has 0 amide bonds. The van der Waals surface area contributed by atoms with E-state index in [1.165, 1.54) is 218 Å². The lowest BCUT2D eigenvalue weighted by molar-refractivity contribution is -0.167. The van der Waals surface area contributed by atoms with Crippen LogP contribution >= 0.6 is 0 Å². The number of carbonyl (C=O) groups is 3. The van der Waals surface area contributed by atoms with Crippen molar-refractivity contribution < 1.29 is 28.6 Å². The van der Waals surface area contributed by atoms with Gasteiger partial charge in [-0.15, -0.1) is 0 Å². The lowest BCUT2D eigenvalue weighted by atomic mass is 10.0. The van der Waals surface area contributed by atoms with E-state index in [1.54, 1.807) is 0 Å². The van der Waals surface area contributed by atoms with Gasteiger partial charge in [0.2, 0.25) is 0 Å². The first-order valence-corrected chi connectivity index (χ1v) is 29.2. The fraction of sp³-hybridized carbons (Fsp3) is 0.949. The van der Waals surface area contributed by atoms with E-state index in [0.717, 1.165) is 69.6 Å². The number of hydrogen-bond acceptors (Lipinski definition) is 6. The largest absolute Gasteiger partial charge is 0.462 e. The summed E-state index contributed by atoms with van der Waals surface area (Å²) in [6.45, 7) is 11.4. The number of rotatable bonds is 53. The third-order valence-electron chi connectivity index (χ3n) is 13.5. The molecule has 0 aromatic carbocycles. The lowest BCUT2D eigenvalue weighted by Crippen LogP contribution is -2.30. The molecule has 0 N–H and O–H groups in total. The van der Waals surface area contributed by atoms with Gasteiger partial charge in [-0.05, 0) is 31.1 Å². The van der Waals surface area contributed by atoms with Crippen LogP contribution in [0.15, 0.2) is 0 Å². The van der Waals surface area contributed by atoms with Crippen molar-refractivity contribution in [3.05, 3.63) is 0 Å². The van der Waals surface area contributed by atoms with Crippen molar-refractivity contribution in [3.8, 4) is 0 Å². The van der Waals surface area contributed by atoms with E-state index in [2.05, 4.69) is 34.6 Å². The summed E-state index contributed by atoms with van der Waals surface area (Å²) < 4.78 is 16.9. The highest BCUT2D eigenvalue weighted by atomic mass is 16.6. The van der Waals surface area contributed by atoms with Gasteiger partial charge in [0.1, 0.15) is 13.2 Å². The highest BCUT2D eigenvalue weighted by molar-refractivity contribution is 5.71. The second-order valence-corrected chi connectivity index (χ2v) is 21.2. The van der Waals surface area contributed by atoms with E-state index in [-0.39, 0.29) is 31.1 Å². The zero-order chi connectivity index (χ0) is 47.5. The fourth-order valence-corrected chi connectivity index (χ4v) is 9.05. The zero-order valence-electron chi connectivity index (χ0n) is 44.6. The summed E-state index contributed by atoms with van der Waals surface area (Å²) in [7, 11) is 0. The molecule has 0 aliphatic rings. The fourth-order valence-electron chi connectivity index (χ4n) is 9.05. The quantitative estimate of drug-likeness (QED) is 0.0344. The SMILES string of the molecule is CCCCCCCCCCCCC(=O)OC[C@H](COC(=O)CCCCCCCCCCCCCCCC(C)C)OC(=O)CCCCCCCCCCCCCCCCCCCCC(C)C. The standard InChI is InChI=1S/C59H114O6/c1-6-7-8-9-10-11-29-34-39-44-49-57(60)63-52-56(53-64-58(61)50-45-40-35-30-25-22-18-20-24-28-33-38-43-48-55(4)5)65-59(62)51-46-41-36-31-26-21-17-15-13-12-14-16-19-23-27-32-37-42-47-54(2)3/h54-56H,6-53H2,1-5H3/t56-/m1/s1. The van der Waals surface area contributed by atoms with Gasteiger partial charge >= 0.3 is 17.9 Å². The maximum Gasteiger partial charge on any atom is 0.306 e. The van der Waals surface area contributed by atoms with Crippen LogP contribution in [0.1, 0.15) is 330 Å². The first kappa shape index (κ1) is 63.4. The van der Waals surface area contributed by atoms with Crippen LogP contribution in [0, 0.1) is 11.8 Å². The predicted molar refractivity (Wildman–Crippen MR) is 280 cm³/mol. The van der Waals surface area contributed by atoms with Gasteiger partial charge in [0.05, 0.1) is 0 Å². The number of esters is 3. The molecule has 0 aromatic rings. The molecule has 0 rings (SSSR count). The molecule has 0 spiro atoms. The first-order chi connectivity index (χ1) is 31.7. The van der Waals surface area contributed by atoms with Crippen molar-refractivity contribution in [2.75, 3.05) is 13.2 Å². The second kappa shape index (κ2) is 51.8. The van der Waals surface area contributed by atoms with E-state index < -0.39 is 6.10 Å². The molecular weight excluding hydrogens is 805 g/mol. The molecule has 0 bridgehead atoms. The number of unbranched alkanes of at least 4 members (excludes halogenated alkanes) is 38. The van der Waals surface area contributed by atoms with Gasteiger partial charge in [-0.2, -0.15) is 0 Å². The molecule has 0 saturated carbocycles. The molecule has 1 atom stereocenters. The third kappa shape index (κ3) is 53.2. The summed E-state index contributed by atoms with van der Waals surface area (Å²) in [6, 6.07) is 0. The van der Waals surface area contributed by atoms with Gasteiger partial charge in [-0.25, -0.2) is 0 Å². The highest BCUT2D eigenvalue weighted by Crippen LogP contribution is 2.18. The number of ether oxygens (including phenoxy) is 3. The van der Waals surface area contributed by atoms with Gasteiger partial charge in [0.25, 0.3) is 0 Å². The Morgan fingerprint density at radius 2 is 0.508 bits per heavy atom. The average Bonchev–Trinajstić information content (AvgIpc) is 3.28. The van der Waals surface area contributed by atoms with Gasteiger partial charge < -0.3 is 14.2 Å². The molecule has 0 saturated heterocycles.